The van der Waals surface area contributed by atoms with Gasteiger partial charge in [-0.25, -0.2) is 0 Å². The van der Waals surface area contributed by atoms with Crippen LogP contribution in [0.15, 0.2) is 78.9 Å². The van der Waals surface area contributed by atoms with Crippen LogP contribution in [0, 0.1) is 10.1 Å². The zero-order chi connectivity index (χ0) is 18.2. The number of ether oxygens (including phenoxy) is 1. The van der Waals surface area contributed by atoms with E-state index in [0.717, 1.165) is 35.5 Å². The molecular weight excluding hydrogens is 328 g/mol. The number of nitro groups is 1. The fraction of sp³-hybridized carbons (Fsp3) is 0.143. The van der Waals surface area contributed by atoms with Gasteiger partial charge in [0.25, 0.3) is 5.69 Å². The van der Waals surface area contributed by atoms with E-state index < -0.39 is 4.92 Å². The third kappa shape index (κ3) is 4.83. The van der Waals surface area contributed by atoms with E-state index in [4.69, 9.17) is 4.74 Å². The maximum atomic E-state index is 10.7. The standard InChI is InChI=1S/C21H20N2O3/c24-23(25)20-11-7-17(8-12-20)18-9-13-21(14-10-18)26-16-4-15-22-19-5-2-1-3-6-19/h1-3,5-14,22H,4,15-16H2. The second-order valence-corrected chi connectivity index (χ2v) is 5.82. The van der Waals surface area contributed by atoms with Crippen molar-refractivity contribution in [3.63, 3.8) is 0 Å². The molecule has 0 fully saturated rings. The highest BCUT2D eigenvalue weighted by Gasteiger charge is 2.05. The molecule has 1 N–H and O–H groups in total. The first-order valence-electron chi connectivity index (χ1n) is 8.49. The predicted octanol–water partition coefficient (Wildman–Crippen LogP) is 5.14. The molecule has 0 radical (unpaired) electrons. The molecule has 0 spiro atoms. The van der Waals surface area contributed by atoms with Gasteiger partial charge in [-0.2, -0.15) is 0 Å². The van der Waals surface area contributed by atoms with Crippen molar-refractivity contribution in [2.24, 2.45) is 0 Å². The molecule has 0 saturated carbocycles. The lowest BCUT2D eigenvalue weighted by Gasteiger charge is -2.09. The molecule has 0 aliphatic carbocycles. The minimum Gasteiger partial charge on any atom is -0.494 e. The Hall–Kier alpha value is -3.34. The Bertz CT molecular complexity index is 831. The highest BCUT2D eigenvalue weighted by Crippen LogP contribution is 2.24. The minimum atomic E-state index is -0.395. The number of nitrogens with zero attached hydrogens (tertiary/aromatic N) is 1. The van der Waals surface area contributed by atoms with Gasteiger partial charge in [-0.1, -0.05) is 30.3 Å². The molecule has 0 amide bonds. The molecule has 5 nitrogen and oxygen atoms in total. The van der Waals surface area contributed by atoms with Gasteiger partial charge in [0.05, 0.1) is 11.5 Å². The summed E-state index contributed by atoms with van der Waals surface area (Å²) >= 11 is 0. The number of nitro benzene ring substituents is 1. The molecule has 0 aromatic heterocycles. The molecule has 3 aromatic rings. The molecule has 3 aromatic carbocycles. The van der Waals surface area contributed by atoms with Crippen LogP contribution in [0.1, 0.15) is 6.42 Å². The molecule has 5 heteroatoms. The monoisotopic (exact) mass is 348 g/mol. The van der Waals surface area contributed by atoms with Crippen LogP contribution in [0.25, 0.3) is 11.1 Å². The number of anilines is 1. The number of hydrogen-bond donors (Lipinski definition) is 1. The lowest BCUT2D eigenvalue weighted by molar-refractivity contribution is -0.384. The van der Waals surface area contributed by atoms with Crippen LogP contribution in [0.3, 0.4) is 0 Å². The van der Waals surface area contributed by atoms with Crippen LogP contribution in [0.2, 0.25) is 0 Å². The van der Waals surface area contributed by atoms with Crippen molar-refractivity contribution in [1.82, 2.24) is 0 Å². The van der Waals surface area contributed by atoms with Crippen LogP contribution in [0.4, 0.5) is 11.4 Å². The Morgan fingerprint density at radius 3 is 2.08 bits per heavy atom. The van der Waals surface area contributed by atoms with E-state index in [0.29, 0.717) is 6.61 Å². The Morgan fingerprint density at radius 1 is 0.846 bits per heavy atom. The summed E-state index contributed by atoms with van der Waals surface area (Å²) in [5.41, 5.74) is 3.14. The molecule has 0 aliphatic heterocycles. The maximum Gasteiger partial charge on any atom is 0.269 e. The first kappa shape index (κ1) is 17.5. The van der Waals surface area contributed by atoms with Crippen molar-refractivity contribution in [3.8, 4) is 16.9 Å². The average molecular weight is 348 g/mol. The van der Waals surface area contributed by atoms with Crippen LogP contribution in [-0.2, 0) is 0 Å². The van der Waals surface area contributed by atoms with E-state index >= 15 is 0 Å². The van der Waals surface area contributed by atoms with Crippen LogP contribution in [0.5, 0.6) is 5.75 Å². The highest BCUT2D eigenvalue weighted by atomic mass is 16.6. The molecule has 0 heterocycles. The van der Waals surface area contributed by atoms with E-state index in [1.54, 1.807) is 12.1 Å². The van der Waals surface area contributed by atoms with Crippen molar-refractivity contribution in [2.45, 2.75) is 6.42 Å². The first-order chi connectivity index (χ1) is 12.7. The molecule has 0 aliphatic rings. The summed E-state index contributed by atoms with van der Waals surface area (Å²) in [5, 5.41) is 14.1. The van der Waals surface area contributed by atoms with E-state index in [1.165, 1.54) is 12.1 Å². The molecule has 0 bridgehead atoms. The van der Waals surface area contributed by atoms with Gasteiger partial charge in [0.1, 0.15) is 5.75 Å². The third-order valence-electron chi connectivity index (χ3n) is 3.96. The number of nitrogens with one attached hydrogen (secondary N) is 1. The van der Waals surface area contributed by atoms with Crippen LogP contribution >= 0.6 is 0 Å². The summed E-state index contributed by atoms with van der Waals surface area (Å²) < 4.78 is 5.76. The number of hydrogen-bond acceptors (Lipinski definition) is 4. The van der Waals surface area contributed by atoms with E-state index in [1.807, 2.05) is 54.6 Å². The molecule has 3 rings (SSSR count). The van der Waals surface area contributed by atoms with Crippen LogP contribution in [-0.4, -0.2) is 18.1 Å². The smallest absolute Gasteiger partial charge is 0.269 e. The predicted molar refractivity (Wildman–Crippen MR) is 104 cm³/mol. The Balaban J connectivity index is 1.46. The highest BCUT2D eigenvalue weighted by molar-refractivity contribution is 5.65. The number of benzene rings is 3. The van der Waals surface area contributed by atoms with Crippen LogP contribution < -0.4 is 10.1 Å². The number of rotatable bonds is 8. The minimum absolute atomic E-state index is 0.0952. The van der Waals surface area contributed by atoms with Gasteiger partial charge in [0.15, 0.2) is 0 Å². The van der Waals surface area contributed by atoms with E-state index in [-0.39, 0.29) is 5.69 Å². The first-order valence-corrected chi connectivity index (χ1v) is 8.49. The van der Waals surface area contributed by atoms with Gasteiger partial charge >= 0.3 is 0 Å². The molecule has 0 atom stereocenters. The number of non-ortho nitro benzene ring substituents is 1. The fourth-order valence-corrected chi connectivity index (χ4v) is 2.57. The van der Waals surface area contributed by atoms with E-state index in [9.17, 15) is 10.1 Å². The summed E-state index contributed by atoms with van der Waals surface area (Å²) in [6, 6.07) is 24.4. The second-order valence-electron chi connectivity index (χ2n) is 5.82. The summed E-state index contributed by atoms with van der Waals surface area (Å²) in [4.78, 5) is 10.3. The van der Waals surface area contributed by atoms with Crippen molar-refractivity contribution >= 4 is 11.4 Å². The third-order valence-corrected chi connectivity index (χ3v) is 3.96. The second kappa shape index (κ2) is 8.67. The lowest BCUT2D eigenvalue weighted by Crippen LogP contribution is -2.07. The average Bonchev–Trinajstić information content (AvgIpc) is 2.69. The zero-order valence-corrected chi connectivity index (χ0v) is 14.3. The summed E-state index contributed by atoms with van der Waals surface area (Å²) in [7, 11) is 0. The van der Waals surface area contributed by atoms with Gasteiger partial charge in [-0.15, -0.1) is 0 Å². The van der Waals surface area contributed by atoms with Gasteiger partial charge in [0, 0.05) is 24.4 Å². The van der Waals surface area contributed by atoms with Crippen molar-refractivity contribution < 1.29 is 9.66 Å². The largest absolute Gasteiger partial charge is 0.494 e. The zero-order valence-electron chi connectivity index (χ0n) is 14.3. The van der Waals surface area contributed by atoms with Gasteiger partial charge < -0.3 is 10.1 Å². The maximum absolute atomic E-state index is 10.7. The summed E-state index contributed by atoms with van der Waals surface area (Å²) in [5.74, 6) is 0.815. The molecule has 132 valence electrons. The lowest BCUT2D eigenvalue weighted by atomic mass is 10.1. The molecule has 26 heavy (non-hydrogen) atoms. The number of para-hydroxylation sites is 1. The Kier molecular flexibility index (Phi) is 5.83. The topological polar surface area (TPSA) is 64.4 Å². The molecular formula is C21H20N2O3. The summed E-state index contributed by atoms with van der Waals surface area (Å²) in [6.07, 6.45) is 0.902. The Labute approximate surface area is 152 Å². The quantitative estimate of drug-likeness (QED) is 0.348. The molecule has 0 unspecified atom stereocenters. The Morgan fingerprint density at radius 2 is 1.46 bits per heavy atom. The van der Waals surface area contributed by atoms with Gasteiger partial charge in [0.2, 0.25) is 0 Å². The SMILES string of the molecule is O=[N+]([O-])c1ccc(-c2ccc(OCCCNc3ccccc3)cc2)cc1. The van der Waals surface area contributed by atoms with Crippen molar-refractivity contribution in [1.29, 1.82) is 0 Å². The van der Waals surface area contributed by atoms with E-state index in [2.05, 4.69) is 5.32 Å². The van der Waals surface area contributed by atoms with Crippen molar-refractivity contribution in [2.75, 3.05) is 18.5 Å². The van der Waals surface area contributed by atoms with Gasteiger partial charge in [-0.3, -0.25) is 10.1 Å². The normalized spacial score (nSPS) is 10.3. The molecule has 0 saturated heterocycles. The van der Waals surface area contributed by atoms with Crippen molar-refractivity contribution in [3.05, 3.63) is 89.0 Å². The fourth-order valence-electron chi connectivity index (χ4n) is 2.57. The van der Waals surface area contributed by atoms with Gasteiger partial charge in [-0.05, 0) is 53.9 Å². The summed E-state index contributed by atoms with van der Waals surface area (Å²) in [6.45, 7) is 1.49.